The first-order chi connectivity index (χ1) is 13.6. The molecular weight excluding hydrogens is 350 g/mol. The van der Waals surface area contributed by atoms with Gasteiger partial charge >= 0.3 is 0 Å². The van der Waals surface area contributed by atoms with Crippen molar-refractivity contribution in [3.8, 4) is 0 Å². The van der Waals surface area contributed by atoms with E-state index in [-0.39, 0.29) is 11.8 Å². The second kappa shape index (κ2) is 7.80. The van der Waals surface area contributed by atoms with Crippen LogP contribution in [0.15, 0.2) is 60.7 Å². The summed E-state index contributed by atoms with van der Waals surface area (Å²) in [7, 11) is 0. The maximum atomic E-state index is 13.0. The van der Waals surface area contributed by atoms with E-state index in [1.54, 1.807) is 11.0 Å². The number of fused-ring (bicyclic) bond motifs is 1. The van der Waals surface area contributed by atoms with E-state index in [9.17, 15) is 9.59 Å². The molecule has 0 spiro atoms. The molecule has 1 saturated heterocycles. The molecule has 0 N–H and O–H groups in total. The fourth-order valence-corrected chi connectivity index (χ4v) is 3.58. The van der Waals surface area contributed by atoms with E-state index in [4.69, 9.17) is 0 Å². The summed E-state index contributed by atoms with van der Waals surface area (Å²) in [6.45, 7) is 4.12. The van der Waals surface area contributed by atoms with Gasteiger partial charge in [0.25, 0.3) is 5.91 Å². The Bertz CT molecular complexity index is 1030. The molecule has 2 amide bonds. The number of para-hydroxylation sites is 1. The predicted molar refractivity (Wildman–Crippen MR) is 109 cm³/mol. The van der Waals surface area contributed by atoms with Gasteiger partial charge in [0.2, 0.25) is 5.91 Å². The molecule has 28 heavy (non-hydrogen) atoms. The molecule has 2 aromatic carbocycles. The van der Waals surface area contributed by atoms with E-state index < -0.39 is 0 Å². The lowest BCUT2D eigenvalue weighted by Crippen LogP contribution is -2.36. The van der Waals surface area contributed by atoms with Crippen molar-refractivity contribution in [2.75, 3.05) is 19.6 Å². The van der Waals surface area contributed by atoms with Gasteiger partial charge in [0.05, 0.1) is 5.52 Å². The molecule has 0 unspecified atom stereocenters. The fraction of sp³-hybridized carbons (Fsp3) is 0.261. The van der Waals surface area contributed by atoms with Crippen LogP contribution in [-0.4, -0.2) is 46.2 Å². The van der Waals surface area contributed by atoms with Crippen LogP contribution in [0.2, 0.25) is 0 Å². The number of amides is 2. The van der Waals surface area contributed by atoms with E-state index in [1.165, 1.54) is 5.56 Å². The van der Waals surface area contributed by atoms with Crippen LogP contribution in [-0.2, 0) is 11.3 Å². The summed E-state index contributed by atoms with van der Waals surface area (Å²) in [6.07, 6.45) is 0.338. The first-order valence-electron chi connectivity index (χ1n) is 9.59. The highest BCUT2D eigenvalue weighted by molar-refractivity contribution is 5.95. The Morgan fingerprint density at radius 2 is 1.75 bits per heavy atom. The molecule has 1 fully saturated rings. The first kappa shape index (κ1) is 18.2. The molecule has 142 valence electrons. The van der Waals surface area contributed by atoms with Crippen LogP contribution in [0.4, 0.5) is 0 Å². The summed E-state index contributed by atoms with van der Waals surface area (Å²) >= 11 is 0. The normalized spacial score (nSPS) is 15.0. The largest absolute Gasteiger partial charge is 0.337 e. The number of carbonyl (C=O) groups is 2. The number of aryl methyl sites for hydroxylation is 1. The van der Waals surface area contributed by atoms with Gasteiger partial charge in [-0.05, 0) is 30.2 Å². The Labute approximate surface area is 164 Å². The highest BCUT2D eigenvalue weighted by Crippen LogP contribution is 2.16. The Morgan fingerprint density at radius 1 is 0.964 bits per heavy atom. The number of pyridine rings is 1. The van der Waals surface area contributed by atoms with Crippen molar-refractivity contribution in [1.82, 2.24) is 14.8 Å². The maximum Gasteiger partial charge on any atom is 0.272 e. The monoisotopic (exact) mass is 373 g/mol. The Morgan fingerprint density at radius 3 is 2.61 bits per heavy atom. The lowest BCUT2D eigenvalue weighted by Gasteiger charge is -2.23. The van der Waals surface area contributed by atoms with Crippen LogP contribution in [0.25, 0.3) is 10.9 Å². The summed E-state index contributed by atoms with van der Waals surface area (Å²) in [5, 5.41) is 1.01. The number of nitrogens with zero attached hydrogens (tertiary/aromatic N) is 3. The number of carbonyl (C=O) groups excluding carboxylic acids is 2. The van der Waals surface area contributed by atoms with Crippen molar-refractivity contribution in [2.45, 2.75) is 19.9 Å². The molecule has 1 aliphatic heterocycles. The molecular formula is C23H23N3O2. The van der Waals surface area contributed by atoms with Gasteiger partial charge in [-0.15, -0.1) is 0 Å². The van der Waals surface area contributed by atoms with Gasteiger partial charge in [0.1, 0.15) is 5.69 Å². The third-order valence-corrected chi connectivity index (χ3v) is 5.32. The number of hydrogen-bond donors (Lipinski definition) is 0. The second-order valence-corrected chi connectivity index (χ2v) is 7.17. The molecule has 0 saturated carbocycles. The van der Waals surface area contributed by atoms with Crippen molar-refractivity contribution >= 4 is 22.7 Å². The number of aromatic nitrogens is 1. The zero-order valence-corrected chi connectivity index (χ0v) is 16.0. The third kappa shape index (κ3) is 3.74. The van der Waals surface area contributed by atoms with Gasteiger partial charge in [-0.3, -0.25) is 9.59 Å². The molecule has 0 atom stereocenters. The van der Waals surface area contributed by atoms with Crippen LogP contribution in [0.5, 0.6) is 0 Å². The lowest BCUT2D eigenvalue weighted by molar-refractivity contribution is -0.130. The second-order valence-electron chi connectivity index (χ2n) is 7.17. The fourth-order valence-electron chi connectivity index (χ4n) is 3.58. The topological polar surface area (TPSA) is 53.5 Å². The Balaban J connectivity index is 1.48. The quantitative estimate of drug-likeness (QED) is 0.707. The molecule has 0 aliphatic carbocycles. The number of benzene rings is 2. The predicted octanol–water partition coefficient (Wildman–Crippen LogP) is 3.42. The average Bonchev–Trinajstić information content (AvgIpc) is 2.90. The van der Waals surface area contributed by atoms with Crippen molar-refractivity contribution in [2.24, 2.45) is 0 Å². The summed E-state index contributed by atoms with van der Waals surface area (Å²) < 4.78 is 0. The summed E-state index contributed by atoms with van der Waals surface area (Å²) in [4.78, 5) is 33.6. The maximum absolute atomic E-state index is 13.0. The van der Waals surface area contributed by atoms with Crippen molar-refractivity contribution in [3.63, 3.8) is 0 Å². The van der Waals surface area contributed by atoms with Crippen molar-refractivity contribution in [1.29, 1.82) is 0 Å². The van der Waals surface area contributed by atoms with Crippen LogP contribution in [0.3, 0.4) is 0 Å². The minimum atomic E-state index is -0.115. The summed E-state index contributed by atoms with van der Waals surface area (Å²) in [5.41, 5.74) is 3.55. The molecule has 4 rings (SSSR count). The number of hydrogen-bond acceptors (Lipinski definition) is 3. The van der Waals surface area contributed by atoms with Gasteiger partial charge < -0.3 is 9.80 Å². The molecule has 2 heterocycles. The molecule has 5 nitrogen and oxygen atoms in total. The lowest BCUT2D eigenvalue weighted by atomic mass is 10.1. The Kier molecular flexibility index (Phi) is 5.06. The van der Waals surface area contributed by atoms with Crippen LogP contribution < -0.4 is 0 Å². The Hall–Kier alpha value is -3.21. The molecule has 3 aromatic rings. The molecule has 1 aromatic heterocycles. The van der Waals surface area contributed by atoms with Crippen LogP contribution in [0.1, 0.15) is 28.0 Å². The highest BCUT2D eigenvalue weighted by Gasteiger charge is 2.25. The van der Waals surface area contributed by atoms with Gasteiger partial charge in [0, 0.05) is 38.0 Å². The summed E-state index contributed by atoms with van der Waals surface area (Å²) in [5.74, 6) is -0.0266. The van der Waals surface area contributed by atoms with E-state index >= 15 is 0 Å². The SMILES string of the molecule is Cc1ccccc1CN1CCN(C(=O)c2ccc3ccccc3n2)CCC1=O. The first-order valence-corrected chi connectivity index (χ1v) is 9.59. The number of rotatable bonds is 3. The zero-order chi connectivity index (χ0) is 19.5. The summed E-state index contributed by atoms with van der Waals surface area (Å²) in [6, 6.07) is 19.5. The molecule has 1 aliphatic rings. The van der Waals surface area contributed by atoms with Gasteiger partial charge in [0.15, 0.2) is 0 Å². The smallest absolute Gasteiger partial charge is 0.272 e. The van der Waals surface area contributed by atoms with Crippen molar-refractivity contribution < 1.29 is 9.59 Å². The van der Waals surface area contributed by atoms with Gasteiger partial charge in [-0.1, -0.05) is 48.5 Å². The standard InChI is InChI=1S/C23H23N3O2/c1-17-6-2-3-8-19(17)16-26-15-14-25(13-12-22(26)27)23(28)21-11-10-18-7-4-5-9-20(18)24-21/h2-11H,12-16H2,1H3. The van der Waals surface area contributed by atoms with E-state index in [0.717, 1.165) is 16.5 Å². The zero-order valence-electron chi connectivity index (χ0n) is 16.0. The third-order valence-electron chi connectivity index (χ3n) is 5.32. The van der Waals surface area contributed by atoms with Crippen molar-refractivity contribution in [3.05, 3.63) is 77.5 Å². The van der Waals surface area contributed by atoms with Crippen LogP contribution >= 0.6 is 0 Å². The molecule has 0 radical (unpaired) electrons. The van der Waals surface area contributed by atoms with Gasteiger partial charge in [-0.25, -0.2) is 4.98 Å². The minimum absolute atomic E-state index is 0.0880. The van der Waals surface area contributed by atoms with E-state index in [0.29, 0.717) is 38.3 Å². The van der Waals surface area contributed by atoms with E-state index in [1.807, 2.05) is 47.4 Å². The van der Waals surface area contributed by atoms with Gasteiger partial charge in [-0.2, -0.15) is 0 Å². The average molecular weight is 373 g/mol. The molecule has 0 bridgehead atoms. The van der Waals surface area contributed by atoms with Crippen LogP contribution in [0, 0.1) is 6.92 Å². The molecule has 5 heteroatoms. The van der Waals surface area contributed by atoms with E-state index in [2.05, 4.69) is 24.0 Å². The minimum Gasteiger partial charge on any atom is -0.337 e. The highest BCUT2D eigenvalue weighted by atomic mass is 16.2.